The smallest absolute Gasteiger partial charge is 0.329 e. The molecule has 1 fully saturated rings. The Labute approximate surface area is 112 Å². The number of hydrogen-bond acceptors (Lipinski definition) is 5. The molecule has 0 radical (unpaired) electrons. The van der Waals surface area contributed by atoms with Crippen LogP contribution in [0.25, 0.3) is 0 Å². The zero-order valence-electron chi connectivity index (χ0n) is 11.3. The highest BCUT2D eigenvalue weighted by atomic mass is 16.5. The third-order valence-electron chi connectivity index (χ3n) is 3.41. The van der Waals surface area contributed by atoms with Gasteiger partial charge in [0.2, 0.25) is 11.8 Å². The van der Waals surface area contributed by atoms with Crippen molar-refractivity contribution < 1.29 is 14.6 Å². The molecule has 0 saturated carbocycles. The first-order valence-electron chi connectivity index (χ1n) is 6.55. The van der Waals surface area contributed by atoms with E-state index in [1.807, 2.05) is 6.92 Å². The van der Waals surface area contributed by atoms with Gasteiger partial charge in [0.05, 0.1) is 6.61 Å². The Hall–Kier alpha value is -1.85. The number of carboxylic acid groups (broad SMARTS) is 1. The van der Waals surface area contributed by atoms with Crippen LogP contribution in [0, 0.1) is 0 Å². The minimum absolute atomic E-state index is 0.427. The van der Waals surface area contributed by atoms with Crippen LogP contribution in [0.3, 0.4) is 0 Å². The molecule has 2 rings (SSSR count). The summed E-state index contributed by atoms with van der Waals surface area (Å²) in [6.45, 7) is 4.97. The fourth-order valence-corrected chi connectivity index (χ4v) is 2.26. The second-order valence-electron chi connectivity index (χ2n) is 4.88. The molecule has 1 aromatic heterocycles. The first-order chi connectivity index (χ1) is 9.08. The molecule has 1 aromatic rings. The van der Waals surface area contributed by atoms with Crippen molar-refractivity contribution in [2.45, 2.75) is 38.6 Å². The van der Waals surface area contributed by atoms with Gasteiger partial charge in [-0.2, -0.15) is 4.98 Å². The Kier molecular flexibility index (Phi) is 3.87. The van der Waals surface area contributed by atoms with Crippen LogP contribution in [0.5, 0.6) is 5.88 Å². The Bertz CT molecular complexity index is 466. The summed E-state index contributed by atoms with van der Waals surface area (Å²) < 4.78 is 5.46. The Balaban J connectivity index is 2.23. The maximum atomic E-state index is 11.4. The number of aromatic nitrogens is 2. The third-order valence-corrected chi connectivity index (χ3v) is 3.41. The lowest BCUT2D eigenvalue weighted by Crippen LogP contribution is -2.48. The summed E-state index contributed by atoms with van der Waals surface area (Å²) in [6, 6.07) is 1.69. The molecule has 1 aliphatic heterocycles. The van der Waals surface area contributed by atoms with E-state index in [0.717, 1.165) is 12.8 Å². The molecule has 104 valence electrons. The van der Waals surface area contributed by atoms with E-state index in [-0.39, 0.29) is 0 Å². The molecule has 1 unspecified atom stereocenters. The summed E-state index contributed by atoms with van der Waals surface area (Å²) in [4.78, 5) is 21.7. The second-order valence-corrected chi connectivity index (χ2v) is 4.88. The standard InChI is InChI=1S/C13H19N3O3/c1-3-9-19-10-5-7-14-12(15-10)16-8-4-6-13(16,2)11(17)18/h5,7H,3-4,6,8-9H2,1-2H3,(H,17,18). The van der Waals surface area contributed by atoms with Gasteiger partial charge in [-0.3, -0.25) is 0 Å². The second kappa shape index (κ2) is 5.42. The average molecular weight is 265 g/mol. The van der Waals surface area contributed by atoms with Crippen molar-refractivity contribution in [3.8, 4) is 5.88 Å². The van der Waals surface area contributed by atoms with Gasteiger partial charge in [0.1, 0.15) is 5.54 Å². The summed E-state index contributed by atoms with van der Waals surface area (Å²) in [5, 5.41) is 9.39. The highest BCUT2D eigenvalue weighted by Gasteiger charge is 2.44. The SMILES string of the molecule is CCCOc1ccnc(N2CCCC2(C)C(=O)O)n1. The number of aliphatic carboxylic acids is 1. The number of carbonyl (C=O) groups is 1. The first kappa shape index (κ1) is 13.6. The molecule has 6 nitrogen and oxygen atoms in total. The van der Waals surface area contributed by atoms with Gasteiger partial charge in [-0.15, -0.1) is 0 Å². The van der Waals surface area contributed by atoms with Crippen molar-refractivity contribution in [3.05, 3.63) is 12.3 Å². The van der Waals surface area contributed by atoms with E-state index in [0.29, 0.717) is 31.4 Å². The highest BCUT2D eigenvalue weighted by Crippen LogP contribution is 2.32. The predicted molar refractivity (Wildman–Crippen MR) is 70.4 cm³/mol. The molecule has 0 spiro atoms. The molecule has 1 atom stereocenters. The van der Waals surface area contributed by atoms with Crippen molar-refractivity contribution >= 4 is 11.9 Å². The van der Waals surface area contributed by atoms with Gasteiger partial charge in [0.15, 0.2) is 0 Å². The Morgan fingerprint density at radius 3 is 3.11 bits per heavy atom. The van der Waals surface area contributed by atoms with Crippen LogP contribution in [0.2, 0.25) is 0 Å². The van der Waals surface area contributed by atoms with Gasteiger partial charge in [0.25, 0.3) is 0 Å². The molecule has 1 saturated heterocycles. The van der Waals surface area contributed by atoms with E-state index in [4.69, 9.17) is 4.74 Å². The summed E-state index contributed by atoms with van der Waals surface area (Å²) >= 11 is 0. The molecule has 0 amide bonds. The molecule has 19 heavy (non-hydrogen) atoms. The molecular formula is C13H19N3O3. The maximum Gasteiger partial charge on any atom is 0.329 e. The largest absolute Gasteiger partial charge is 0.480 e. The van der Waals surface area contributed by atoms with E-state index >= 15 is 0 Å². The molecular weight excluding hydrogens is 246 g/mol. The third kappa shape index (κ3) is 2.62. The minimum Gasteiger partial charge on any atom is -0.480 e. The van der Waals surface area contributed by atoms with Crippen LogP contribution < -0.4 is 9.64 Å². The summed E-state index contributed by atoms with van der Waals surface area (Å²) in [7, 11) is 0. The number of hydrogen-bond donors (Lipinski definition) is 1. The van der Waals surface area contributed by atoms with Gasteiger partial charge in [0, 0.05) is 18.8 Å². The Morgan fingerprint density at radius 2 is 2.42 bits per heavy atom. The molecule has 0 aliphatic carbocycles. The van der Waals surface area contributed by atoms with E-state index in [1.54, 1.807) is 24.1 Å². The van der Waals surface area contributed by atoms with Gasteiger partial charge in [-0.1, -0.05) is 6.92 Å². The van der Waals surface area contributed by atoms with Crippen molar-refractivity contribution in [3.63, 3.8) is 0 Å². The van der Waals surface area contributed by atoms with Crippen LogP contribution in [0.15, 0.2) is 12.3 Å². The van der Waals surface area contributed by atoms with Crippen molar-refractivity contribution in [2.75, 3.05) is 18.1 Å². The average Bonchev–Trinajstić information content (AvgIpc) is 2.80. The first-order valence-corrected chi connectivity index (χ1v) is 6.55. The number of ether oxygens (including phenoxy) is 1. The summed E-state index contributed by atoms with van der Waals surface area (Å²) in [5.41, 5.74) is -0.927. The number of carboxylic acids is 1. The van der Waals surface area contributed by atoms with Crippen LogP contribution in [0.1, 0.15) is 33.1 Å². The molecule has 0 bridgehead atoms. The quantitative estimate of drug-likeness (QED) is 0.873. The number of rotatable bonds is 5. The fourth-order valence-electron chi connectivity index (χ4n) is 2.26. The van der Waals surface area contributed by atoms with E-state index in [1.165, 1.54) is 0 Å². The Morgan fingerprint density at radius 1 is 1.63 bits per heavy atom. The lowest BCUT2D eigenvalue weighted by atomic mass is 10.00. The molecule has 1 N–H and O–H groups in total. The lowest BCUT2D eigenvalue weighted by Gasteiger charge is -2.31. The molecule has 0 aromatic carbocycles. The molecule has 6 heteroatoms. The van der Waals surface area contributed by atoms with Crippen LogP contribution >= 0.6 is 0 Å². The van der Waals surface area contributed by atoms with Crippen LogP contribution in [-0.4, -0.2) is 39.7 Å². The van der Waals surface area contributed by atoms with Crippen molar-refractivity contribution in [2.24, 2.45) is 0 Å². The van der Waals surface area contributed by atoms with Crippen molar-refractivity contribution in [1.29, 1.82) is 0 Å². The molecule has 2 heterocycles. The van der Waals surface area contributed by atoms with Gasteiger partial charge < -0.3 is 14.7 Å². The topological polar surface area (TPSA) is 75.5 Å². The van der Waals surface area contributed by atoms with Crippen LogP contribution in [-0.2, 0) is 4.79 Å². The lowest BCUT2D eigenvalue weighted by molar-refractivity contribution is -0.142. The predicted octanol–water partition coefficient (Wildman–Crippen LogP) is 1.71. The van der Waals surface area contributed by atoms with Crippen LogP contribution in [0.4, 0.5) is 5.95 Å². The van der Waals surface area contributed by atoms with Gasteiger partial charge in [-0.25, -0.2) is 9.78 Å². The molecule has 1 aliphatic rings. The summed E-state index contributed by atoms with van der Waals surface area (Å²) in [5.74, 6) is 0.0796. The number of anilines is 1. The number of nitrogens with zero attached hydrogens (tertiary/aromatic N) is 3. The normalized spacial score (nSPS) is 22.5. The van der Waals surface area contributed by atoms with Gasteiger partial charge in [-0.05, 0) is 26.2 Å². The zero-order chi connectivity index (χ0) is 13.9. The monoisotopic (exact) mass is 265 g/mol. The zero-order valence-corrected chi connectivity index (χ0v) is 11.3. The van der Waals surface area contributed by atoms with Crippen molar-refractivity contribution in [1.82, 2.24) is 9.97 Å². The van der Waals surface area contributed by atoms with Gasteiger partial charge >= 0.3 is 5.97 Å². The maximum absolute atomic E-state index is 11.4. The van der Waals surface area contributed by atoms with E-state index < -0.39 is 11.5 Å². The summed E-state index contributed by atoms with van der Waals surface area (Å²) in [6.07, 6.45) is 3.93. The minimum atomic E-state index is -0.927. The highest BCUT2D eigenvalue weighted by molar-refractivity contribution is 5.83. The fraction of sp³-hybridized carbons (Fsp3) is 0.615. The van der Waals surface area contributed by atoms with E-state index in [2.05, 4.69) is 9.97 Å². The van der Waals surface area contributed by atoms with E-state index in [9.17, 15) is 9.90 Å².